The van der Waals surface area contributed by atoms with Gasteiger partial charge in [0.05, 0.1) is 11.1 Å². The Labute approximate surface area is 106 Å². The highest BCUT2D eigenvalue weighted by molar-refractivity contribution is 9.10. The fraction of sp³-hybridized carbons (Fsp3) is 0.583. The zero-order valence-corrected chi connectivity index (χ0v) is 11.5. The quantitative estimate of drug-likeness (QED) is 0.781. The first kappa shape index (κ1) is 13.5. The largest absolute Gasteiger partial charge is 0.380 e. The highest BCUT2D eigenvalue weighted by Gasteiger charge is 2.00. The molecule has 90 valence electrons. The number of hydrogen-bond acceptors (Lipinski definition) is 3. The van der Waals surface area contributed by atoms with Crippen LogP contribution in [0.5, 0.6) is 0 Å². The molecule has 1 rings (SSSR count). The van der Waals surface area contributed by atoms with E-state index in [9.17, 15) is 0 Å². The Morgan fingerprint density at radius 1 is 1.44 bits per heavy atom. The molecule has 1 aromatic heterocycles. The summed E-state index contributed by atoms with van der Waals surface area (Å²) >= 11 is 3.48. The second-order valence-electron chi connectivity index (χ2n) is 3.74. The van der Waals surface area contributed by atoms with E-state index in [-0.39, 0.29) is 0 Å². The Balaban J connectivity index is 2.21. The van der Waals surface area contributed by atoms with Gasteiger partial charge in [0.2, 0.25) is 0 Å². The fourth-order valence-corrected chi connectivity index (χ4v) is 1.86. The van der Waals surface area contributed by atoms with E-state index in [4.69, 9.17) is 4.74 Å². The second-order valence-corrected chi connectivity index (χ2v) is 4.59. The maximum atomic E-state index is 5.45. The summed E-state index contributed by atoms with van der Waals surface area (Å²) in [6, 6.07) is 2.05. The van der Waals surface area contributed by atoms with Crippen LogP contribution in [0.15, 0.2) is 16.7 Å². The third-order valence-corrected chi connectivity index (χ3v) is 2.76. The van der Waals surface area contributed by atoms with Crippen molar-refractivity contribution >= 4 is 21.7 Å². The molecule has 0 saturated carbocycles. The van der Waals surface area contributed by atoms with Gasteiger partial charge in [0.15, 0.2) is 0 Å². The summed E-state index contributed by atoms with van der Waals surface area (Å²) in [6.45, 7) is 6.55. The first-order valence-corrected chi connectivity index (χ1v) is 6.47. The summed E-state index contributed by atoms with van der Waals surface area (Å²) in [5.41, 5.74) is 1.15. The third-order valence-electron chi connectivity index (χ3n) is 2.16. The van der Waals surface area contributed by atoms with E-state index in [1.807, 2.05) is 19.2 Å². The Morgan fingerprint density at radius 2 is 2.25 bits per heavy atom. The van der Waals surface area contributed by atoms with Gasteiger partial charge >= 0.3 is 0 Å². The minimum absolute atomic E-state index is 0.724. The molecule has 1 N–H and O–H groups in total. The number of halogens is 1. The Hall–Kier alpha value is -0.610. The molecule has 3 nitrogen and oxygen atoms in total. The van der Waals surface area contributed by atoms with Crippen molar-refractivity contribution in [2.45, 2.75) is 26.7 Å². The number of nitrogens with zero attached hydrogens (tertiary/aromatic N) is 1. The van der Waals surface area contributed by atoms with Crippen molar-refractivity contribution in [1.29, 1.82) is 0 Å². The number of anilines is 1. The lowest BCUT2D eigenvalue weighted by Gasteiger charge is -2.08. The molecule has 0 saturated heterocycles. The Bertz CT molecular complexity index is 318. The van der Waals surface area contributed by atoms with Crippen molar-refractivity contribution in [3.05, 3.63) is 22.3 Å². The number of pyridine rings is 1. The molecule has 4 heteroatoms. The monoisotopic (exact) mass is 286 g/mol. The average Bonchev–Trinajstić information content (AvgIpc) is 2.26. The normalized spacial score (nSPS) is 10.4. The van der Waals surface area contributed by atoms with Crippen LogP contribution in [0, 0.1) is 6.92 Å². The van der Waals surface area contributed by atoms with Gasteiger partial charge in [-0.2, -0.15) is 0 Å². The van der Waals surface area contributed by atoms with Gasteiger partial charge in [-0.15, -0.1) is 0 Å². The van der Waals surface area contributed by atoms with Crippen molar-refractivity contribution in [2.75, 3.05) is 25.1 Å². The molecule has 0 amide bonds. The zero-order chi connectivity index (χ0) is 11.8. The predicted octanol–water partition coefficient (Wildman–Crippen LogP) is 3.38. The van der Waals surface area contributed by atoms with Gasteiger partial charge in [0.1, 0.15) is 5.82 Å². The molecule has 0 aliphatic heterocycles. The first-order valence-electron chi connectivity index (χ1n) is 5.67. The Kier molecular flexibility index (Phi) is 6.42. The summed E-state index contributed by atoms with van der Waals surface area (Å²) in [4.78, 5) is 4.30. The topological polar surface area (TPSA) is 34.1 Å². The molecule has 0 spiro atoms. The maximum Gasteiger partial charge on any atom is 0.140 e. The number of unbranched alkanes of at least 4 members (excludes halogenated alkanes) is 1. The van der Waals surface area contributed by atoms with Crippen molar-refractivity contribution in [1.82, 2.24) is 4.98 Å². The summed E-state index contributed by atoms with van der Waals surface area (Å²) in [6.07, 6.45) is 4.16. The smallest absolute Gasteiger partial charge is 0.140 e. The van der Waals surface area contributed by atoms with Crippen LogP contribution in [0.4, 0.5) is 5.82 Å². The number of aryl methyl sites for hydroxylation is 1. The van der Waals surface area contributed by atoms with Gasteiger partial charge in [-0.1, -0.05) is 13.3 Å². The van der Waals surface area contributed by atoms with Crippen LogP contribution in [-0.2, 0) is 4.74 Å². The molecule has 1 aromatic rings. The van der Waals surface area contributed by atoms with E-state index in [0.717, 1.165) is 42.0 Å². The summed E-state index contributed by atoms with van der Waals surface area (Å²) in [7, 11) is 0. The van der Waals surface area contributed by atoms with Crippen LogP contribution in [0.2, 0.25) is 0 Å². The molecule has 1 heterocycles. The van der Waals surface area contributed by atoms with Gasteiger partial charge < -0.3 is 10.1 Å². The van der Waals surface area contributed by atoms with E-state index in [1.165, 1.54) is 6.42 Å². The lowest BCUT2D eigenvalue weighted by molar-refractivity contribution is 0.141. The molecule has 0 aliphatic carbocycles. The van der Waals surface area contributed by atoms with Crippen LogP contribution in [0.25, 0.3) is 0 Å². The first-order chi connectivity index (χ1) is 7.74. The molecule has 0 aliphatic rings. The molecule has 0 atom stereocenters. The number of hydrogen-bond donors (Lipinski definition) is 1. The predicted molar refractivity (Wildman–Crippen MR) is 70.9 cm³/mol. The zero-order valence-electron chi connectivity index (χ0n) is 9.92. The van der Waals surface area contributed by atoms with Gasteiger partial charge in [-0.25, -0.2) is 4.98 Å². The Morgan fingerprint density at radius 3 is 2.94 bits per heavy atom. The molecule has 0 radical (unpaired) electrons. The van der Waals surface area contributed by atoms with E-state index >= 15 is 0 Å². The van der Waals surface area contributed by atoms with E-state index < -0.39 is 0 Å². The molecule has 0 fully saturated rings. The molecule has 16 heavy (non-hydrogen) atoms. The lowest BCUT2D eigenvalue weighted by Crippen LogP contribution is -2.11. The molecule has 0 bridgehead atoms. The van der Waals surface area contributed by atoms with Crippen LogP contribution >= 0.6 is 15.9 Å². The van der Waals surface area contributed by atoms with Crippen molar-refractivity contribution in [3.63, 3.8) is 0 Å². The van der Waals surface area contributed by atoms with Crippen molar-refractivity contribution in [3.8, 4) is 0 Å². The number of aromatic nitrogens is 1. The fourth-order valence-electron chi connectivity index (χ4n) is 1.25. The molecular formula is C12H19BrN2O. The van der Waals surface area contributed by atoms with Gasteiger partial charge in [0, 0.05) is 19.3 Å². The molecular weight excluding hydrogens is 268 g/mol. The SMILES string of the molecule is CCCCOCCNc1ncc(C)cc1Br. The minimum Gasteiger partial charge on any atom is -0.380 e. The number of nitrogens with one attached hydrogen (secondary N) is 1. The maximum absolute atomic E-state index is 5.45. The third kappa shape index (κ3) is 4.94. The standard InChI is InChI=1S/C12H19BrN2O/c1-3-4-6-16-7-5-14-12-11(13)8-10(2)9-15-12/h8-9H,3-7H2,1-2H3,(H,14,15). The highest BCUT2D eigenvalue weighted by atomic mass is 79.9. The summed E-state index contributed by atoms with van der Waals surface area (Å²) in [5.74, 6) is 0.879. The van der Waals surface area contributed by atoms with Crippen LogP contribution in [0.1, 0.15) is 25.3 Å². The van der Waals surface area contributed by atoms with Crippen LogP contribution < -0.4 is 5.32 Å². The average molecular weight is 287 g/mol. The lowest BCUT2D eigenvalue weighted by atomic mass is 10.3. The van der Waals surface area contributed by atoms with E-state index in [0.29, 0.717) is 0 Å². The van der Waals surface area contributed by atoms with E-state index in [2.05, 4.69) is 33.2 Å². The van der Waals surface area contributed by atoms with E-state index in [1.54, 1.807) is 0 Å². The summed E-state index contributed by atoms with van der Waals surface area (Å²) in [5, 5.41) is 3.23. The van der Waals surface area contributed by atoms with Gasteiger partial charge in [-0.05, 0) is 40.9 Å². The number of rotatable bonds is 7. The molecule has 0 unspecified atom stereocenters. The highest BCUT2D eigenvalue weighted by Crippen LogP contribution is 2.19. The van der Waals surface area contributed by atoms with Crippen LogP contribution in [-0.4, -0.2) is 24.7 Å². The van der Waals surface area contributed by atoms with Gasteiger partial charge in [0.25, 0.3) is 0 Å². The van der Waals surface area contributed by atoms with Gasteiger partial charge in [-0.3, -0.25) is 0 Å². The van der Waals surface area contributed by atoms with Crippen molar-refractivity contribution in [2.24, 2.45) is 0 Å². The summed E-state index contributed by atoms with van der Waals surface area (Å²) < 4.78 is 6.45. The van der Waals surface area contributed by atoms with Crippen molar-refractivity contribution < 1.29 is 4.74 Å². The molecule has 0 aromatic carbocycles. The minimum atomic E-state index is 0.724. The van der Waals surface area contributed by atoms with Crippen LogP contribution in [0.3, 0.4) is 0 Å². The number of ether oxygens (including phenoxy) is 1. The second kappa shape index (κ2) is 7.63.